The van der Waals surface area contributed by atoms with E-state index in [-0.39, 0.29) is 35.3 Å². The number of hydrogen-bond acceptors (Lipinski definition) is 10. The molecule has 0 spiro atoms. The second-order valence-corrected chi connectivity index (χ2v) is 15.2. The molecule has 4 rings (SSSR count). The van der Waals surface area contributed by atoms with Crippen LogP contribution >= 0.6 is 7.60 Å². The minimum absolute atomic E-state index is 0.0663. The SMILES string of the molecule is CC(C)(C)OC(=O)NC(=Nc1cccc(C(NC(=O)OCc2ccccc2)P(=O)(Oc2ccccc2)Oc2ccccc2)c1)NC(=O)OC(C)(C)C. The Balaban J connectivity index is 1.77. The summed E-state index contributed by atoms with van der Waals surface area (Å²) in [4.78, 5) is 43.2. The summed E-state index contributed by atoms with van der Waals surface area (Å²) in [7, 11) is -4.43. The molecule has 0 saturated heterocycles. The number of nitrogens with one attached hydrogen (secondary N) is 3. The first kappa shape index (κ1) is 39.0. The highest BCUT2D eigenvalue weighted by molar-refractivity contribution is 7.55. The Morgan fingerprint density at radius 1 is 0.654 bits per heavy atom. The molecule has 3 amide bonds. The Bertz CT molecular complexity index is 1800. The number of aliphatic imine (C=N–C) groups is 1. The van der Waals surface area contributed by atoms with Gasteiger partial charge in [-0.15, -0.1) is 0 Å². The van der Waals surface area contributed by atoms with Crippen molar-refractivity contribution >= 4 is 37.5 Å². The van der Waals surface area contributed by atoms with Crippen LogP contribution in [0, 0.1) is 0 Å². The fraction of sp³-hybridized carbons (Fsp3) is 0.263. The minimum atomic E-state index is -4.43. The zero-order valence-electron chi connectivity index (χ0n) is 29.8. The van der Waals surface area contributed by atoms with E-state index in [1.807, 2.05) is 18.2 Å². The van der Waals surface area contributed by atoms with Gasteiger partial charge in [0.1, 0.15) is 29.3 Å². The number of para-hydroxylation sites is 2. The van der Waals surface area contributed by atoms with Gasteiger partial charge in [-0.05, 0) is 89.1 Å². The van der Waals surface area contributed by atoms with E-state index < -0.39 is 42.9 Å². The molecule has 274 valence electrons. The van der Waals surface area contributed by atoms with Crippen molar-refractivity contribution in [3.05, 3.63) is 126 Å². The Labute approximate surface area is 303 Å². The van der Waals surface area contributed by atoms with Gasteiger partial charge in [0, 0.05) is 0 Å². The van der Waals surface area contributed by atoms with Crippen molar-refractivity contribution in [2.45, 2.75) is 65.1 Å². The van der Waals surface area contributed by atoms with E-state index in [2.05, 4.69) is 20.9 Å². The standard InChI is InChI=1S/C38H43N4O9P/c1-37(2,3)48-35(44)41-33(42-36(45)49-38(4,5)6)39-29-20-16-19-28(25-29)32(40-34(43)47-26-27-17-10-7-11-18-27)52(46,50-30-21-12-8-13-22-30)51-31-23-14-9-15-24-31/h7-25,32H,26H2,1-6H3,(H,40,43)(H2,39,41,42,44,45). The van der Waals surface area contributed by atoms with Gasteiger partial charge in [-0.2, -0.15) is 0 Å². The molecule has 4 aromatic rings. The van der Waals surface area contributed by atoms with Crippen molar-refractivity contribution in [2.75, 3.05) is 0 Å². The zero-order chi connectivity index (χ0) is 37.8. The zero-order valence-corrected chi connectivity index (χ0v) is 30.7. The lowest BCUT2D eigenvalue weighted by molar-refractivity contribution is 0.0545. The number of alkyl carbamates (subject to hydrolysis) is 3. The van der Waals surface area contributed by atoms with Gasteiger partial charge in [0.25, 0.3) is 0 Å². The van der Waals surface area contributed by atoms with E-state index >= 15 is 4.57 Å². The number of nitrogens with zero attached hydrogens (tertiary/aromatic N) is 1. The smallest absolute Gasteiger partial charge is 0.445 e. The molecule has 0 fully saturated rings. The Kier molecular flexibility index (Phi) is 13.1. The summed E-state index contributed by atoms with van der Waals surface area (Å²) < 4.78 is 43.4. The van der Waals surface area contributed by atoms with Gasteiger partial charge in [0.15, 0.2) is 5.78 Å². The molecule has 0 radical (unpaired) electrons. The van der Waals surface area contributed by atoms with Gasteiger partial charge in [0.05, 0.1) is 5.69 Å². The molecular weight excluding hydrogens is 687 g/mol. The summed E-state index contributed by atoms with van der Waals surface area (Å²) >= 11 is 0. The summed E-state index contributed by atoms with van der Waals surface area (Å²) in [5.41, 5.74) is -0.587. The van der Waals surface area contributed by atoms with Crippen molar-refractivity contribution < 1.29 is 42.2 Å². The normalized spacial score (nSPS) is 12.0. The quantitative estimate of drug-likeness (QED) is 0.0625. The molecule has 0 saturated carbocycles. The lowest BCUT2D eigenvalue weighted by Gasteiger charge is -2.28. The largest absolute Gasteiger partial charge is 0.457 e. The van der Waals surface area contributed by atoms with E-state index in [4.69, 9.17) is 23.3 Å². The van der Waals surface area contributed by atoms with Gasteiger partial charge in [-0.25, -0.2) is 23.9 Å². The van der Waals surface area contributed by atoms with Crippen LogP contribution in [0.4, 0.5) is 20.1 Å². The van der Waals surface area contributed by atoms with Crippen LogP contribution in [0.3, 0.4) is 0 Å². The maximum atomic E-state index is 15.1. The Hall–Kier alpha value is -5.81. The number of guanidine groups is 1. The van der Waals surface area contributed by atoms with Crippen molar-refractivity contribution in [1.29, 1.82) is 0 Å². The van der Waals surface area contributed by atoms with Gasteiger partial charge < -0.3 is 28.6 Å². The first-order valence-corrected chi connectivity index (χ1v) is 17.9. The van der Waals surface area contributed by atoms with Crippen molar-refractivity contribution in [3.63, 3.8) is 0 Å². The Morgan fingerprint density at radius 3 is 1.62 bits per heavy atom. The Morgan fingerprint density at radius 2 is 1.13 bits per heavy atom. The van der Waals surface area contributed by atoms with Crippen molar-refractivity contribution in [1.82, 2.24) is 16.0 Å². The average Bonchev–Trinajstić information content (AvgIpc) is 3.06. The highest BCUT2D eigenvalue weighted by atomic mass is 31.2. The first-order chi connectivity index (χ1) is 24.6. The van der Waals surface area contributed by atoms with Crippen LogP contribution in [-0.4, -0.2) is 35.4 Å². The average molecular weight is 731 g/mol. The molecule has 0 aliphatic heterocycles. The van der Waals surface area contributed by atoms with Crippen LogP contribution in [0.25, 0.3) is 0 Å². The van der Waals surface area contributed by atoms with Crippen molar-refractivity contribution in [2.24, 2.45) is 4.99 Å². The van der Waals surface area contributed by atoms with Crippen LogP contribution in [0.5, 0.6) is 11.5 Å². The van der Waals surface area contributed by atoms with E-state index in [1.54, 1.807) is 133 Å². The highest BCUT2D eigenvalue weighted by Gasteiger charge is 2.42. The minimum Gasteiger partial charge on any atom is -0.445 e. The van der Waals surface area contributed by atoms with Crippen molar-refractivity contribution in [3.8, 4) is 11.5 Å². The number of carbonyl (C=O) groups is 3. The fourth-order valence-corrected chi connectivity index (χ4v) is 6.25. The van der Waals surface area contributed by atoms with E-state index in [0.29, 0.717) is 0 Å². The maximum Gasteiger partial charge on any atom is 0.457 e. The molecule has 0 heterocycles. The number of carbonyl (C=O) groups excluding carboxylic acids is 3. The molecule has 1 unspecified atom stereocenters. The fourth-order valence-electron chi connectivity index (χ4n) is 4.38. The number of hydrogen-bond donors (Lipinski definition) is 3. The van der Waals surface area contributed by atoms with Crippen LogP contribution in [0.1, 0.15) is 58.5 Å². The second kappa shape index (κ2) is 17.4. The second-order valence-electron chi connectivity index (χ2n) is 13.3. The number of rotatable bonds is 10. The van der Waals surface area contributed by atoms with Crippen LogP contribution in [0.15, 0.2) is 120 Å². The third-order valence-corrected chi connectivity index (χ3v) is 8.39. The molecule has 1 atom stereocenters. The molecule has 13 nitrogen and oxygen atoms in total. The molecule has 52 heavy (non-hydrogen) atoms. The maximum absolute atomic E-state index is 15.1. The molecule has 0 aromatic heterocycles. The van der Waals surface area contributed by atoms with Gasteiger partial charge >= 0.3 is 25.9 Å². The molecule has 0 bridgehead atoms. The van der Waals surface area contributed by atoms with E-state index in [9.17, 15) is 14.4 Å². The number of ether oxygens (including phenoxy) is 3. The van der Waals surface area contributed by atoms with Crippen LogP contribution in [0.2, 0.25) is 0 Å². The lowest BCUT2D eigenvalue weighted by atomic mass is 10.2. The summed E-state index contributed by atoms with van der Waals surface area (Å²) in [6.07, 6.45) is -2.69. The summed E-state index contributed by atoms with van der Waals surface area (Å²) in [5.74, 6) is -1.36. The van der Waals surface area contributed by atoms with E-state index in [0.717, 1.165) is 5.56 Å². The summed E-state index contributed by atoms with van der Waals surface area (Å²) in [6, 6.07) is 32.0. The van der Waals surface area contributed by atoms with E-state index in [1.165, 1.54) is 6.07 Å². The summed E-state index contributed by atoms with van der Waals surface area (Å²) in [6.45, 7) is 10.0. The topological polar surface area (TPSA) is 163 Å². The van der Waals surface area contributed by atoms with Crippen LogP contribution < -0.4 is 25.0 Å². The number of amides is 3. The van der Waals surface area contributed by atoms with Gasteiger partial charge in [-0.3, -0.25) is 10.6 Å². The molecule has 0 aliphatic rings. The predicted molar refractivity (Wildman–Crippen MR) is 197 cm³/mol. The van der Waals surface area contributed by atoms with Gasteiger partial charge in [0.2, 0.25) is 5.96 Å². The molecular formula is C38H43N4O9P. The molecule has 0 aliphatic carbocycles. The first-order valence-electron chi connectivity index (χ1n) is 16.3. The molecule has 4 aromatic carbocycles. The van der Waals surface area contributed by atoms with Crippen LogP contribution in [-0.2, 0) is 25.4 Å². The van der Waals surface area contributed by atoms with Gasteiger partial charge in [-0.1, -0.05) is 78.9 Å². The third-order valence-electron chi connectivity index (χ3n) is 6.40. The lowest BCUT2D eigenvalue weighted by Crippen LogP contribution is -2.47. The predicted octanol–water partition coefficient (Wildman–Crippen LogP) is 9.00. The molecule has 3 N–H and O–H groups in total. The monoisotopic (exact) mass is 730 g/mol. The number of benzene rings is 4. The molecule has 14 heteroatoms. The summed E-state index contributed by atoms with van der Waals surface area (Å²) in [5, 5.41) is 7.54. The third kappa shape index (κ3) is 13.1. The highest BCUT2D eigenvalue weighted by Crippen LogP contribution is 2.59.